The number of carbonyl (C=O) groups excluding carboxylic acids is 1. The molecule has 1 aromatic carbocycles. The summed E-state index contributed by atoms with van der Waals surface area (Å²) in [6.45, 7) is 4.42. The monoisotopic (exact) mass is 390 g/mol. The topological polar surface area (TPSA) is 32.8 Å². The van der Waals surface area contributed by atoms with Crippen LogP contribution in [0.2, 0.25) is 0 Å². The Morgan fingerprint density at radius 1 is 1.22 bits per heavy atom. The van der Waals surface area contributed by atoms with Gasteiger partial charge >= 0.3 is 0 Å². The first kappa shape index (κ1) is 18.8. The van der Waals surface area contributed by atoms with Gasteiger partial charge in [0.25, 0.3) is 5.91 Å². The van der Waals surface area contributed by atoms with Gasteiger partial charge in [-0.1, -0.05) is 6.08 Å². The van der Waals surface area contributed by atoms with Crippen molar-refractivity contribution in [2.24, 2.45) is 5.92 Å². The molecule has 4 nitrogen and oxygen atoms in total. The van der Waals surface area contributed by atoms with Gasteiger partial charge in [0.1, 0.15) is 11.6 Å². The Bertz CT molecular complexity index is 705. The van der Waals surface area contributed by atoms with Gasteiger partial charge in [-0.15, -0.1) is 11.8 Å². The van der Waals surface area contributed by atoms with Crippen LogP contribution < -0.4 is 4.74 Å². The van der Waals surface area contributed by atoms with E-state index in [0.717, 1.165) is 44.8 Å². The second-order valence-corrected chi connectivity index (χ2v) is 8.62. The van der Waals surface area contributed by atoms with Crippen LogP contribution in [0.5, 0.6) is 5.75 Å². The van der Waals surface area contributed by atoms with Gasteiger partial charge in [-0.2, -0.15) is 0 Å². The second kappa shape index (κ2) is 8.65. The molecule has 1 aromatic rings. The predicted octanol–water partition coefficient (Wildman–Crippen LogP) is 3.78. The second-order valence-electron chi connectivity index (χ2n) is 7.68. The van der Waals surface area contributed by atoms with E-state index >= 15 is 0 Å². The van der Waals surface area contributed by atoms with E-state index in [4.69, 9.17) is 4.74 Å². The molecule has 27 heavy (non-hydrogen) atoms. The first-order chi connectivity index (χ1) is 13.2. The molecule has 0 N–H and O–H groups in total. The summed E-state index contributed by atoms with van der Waals surface area (Å²) in [5.41, 5.74) is 0.159. The highest BCUT2D eigenvalue weighted by atomic mass is 32.2. The summed E-state index contributed by atoms with van der Waals surface area (Å²) in [5, 5.41) is 2.07. The summed E-state index contributed by atoms with van der Waals surface area (Å²) in [4.78, 5) is 17.2. The Kier molecular flexibility index (Phi) is 6.03. The number of halogens is 1. The summed E-state index contributed by atoms with van der Waals surface area (Å²) in [6, 6.07) is 4.85. The highest BCUT2D eigenvalue weighted by molar-refractivity contribution is 8.02. The fourth-order valence-electron chi connectivity index (χ4n) is 4.18. The molecule has 0 saturated carbocycles. The number of carbonyl (C=O) groups is 1. The van der Waals surface area contributed by atoms with Crippen LogP contribution in [0.1, 0.15) is 36.0 Å². The van der Waals surface area contributed by atoms with Crippen LogP contribution in [0.4, 0.5) is 4.39 Å². The molecule has 1 amide bonds. The maximum atomic E-state index is 14.6. The van der Waals surface area contributed by atoms with Crippen molar-refractivity contribution >= 4 is 17.7 Å². The van der Waals surface area contributed by atoms with Crippen LogP contribution >= 0.6 is 11.8 Å². The Balaban J connectivity index is 1.39. The lowest BCUT2D eigenvalue weighted by Crippen LogP contribution is -2.42. The highest BCUT2D eigenvalue weighted by Gasteiger charge is 2.32. The number of hydrogen-bond donors (Lipinski definition) is 0. The molecule has 146 valence electrons. The molecule has 0 spiro atoms. The van der Waals surface area contributed by atoms with Crippen LogP contribution in [0, 0.1) is 11.7 Å². The molecule has 0 bridgehead atoms. The van der Waals surface area contributed by atoms with E-state index in [-0.39, 0.29) is 17.5 Å². The van der Waals surface area contributed by atoms with Crippen molar-refractivity contribution < 1.29 is 13.9 Å². The van der Waals surface area contributed by atoms with Crippen LogP contribution in [0.3, 0.4) is 0 Å². The number of rotatable bonds is 6. The van der Waals surface area contributed by atoms with Crippen LogP contribution in [-0.4, -0.2) is 60.3 Å². The molecule has 2 atom stereocenters. The molecule has 0 aromatic heterocycles. The van der Waals surface area contributed by atoms with Crippen LogP contribution in [0.25, 0.3) is 0 Å². The summed E-state index contributed by atoms with van der Waals surface area (Å²) < 4.78 is 20.3. The van der Waals surface area contributed by atoms with E-state index in [1.807, 2.05) is 4.90 Å². The minimum Gasteiger partial charge on any atom is -0.493 e. The van der Waals surface area contributed by atoms with Gasteiger partial charge in [0.15, 0.2) is 0 Å². The molecule has 1 unspecified atom stereocenters. The fraction of sp³-hybridized carbons (Fsp3) is 0.571. The van der Waals surface area contributed by atoms with E-state index < -0.39 is 5.82 Å². The number of hydrogen-bond acceptors (Lipinski definition) is 4. The molecule has 3 aliphatic heterocycles. The van der Waals surface area contributed by atoms with Gasteiger partial charge in [0.2, 0.25) is 0 Å². The number of likely N-dealkylation sites (tertiary alicyclic amines) is 2. The van der Waals surface area contributed by atoms with Gasteiger partial charge < -0.3 is 14.5 Å². The summed E-state index contributed by atoms with van der Waals surface area (Å²) in [5.74, 6) is 1.20. The molecule has 0 radical (unpaired) electrons. The maximum Gasteiger partial charge on any atom is 0.257 e. The lowest BCUT2D eigenvalue weighted by Gasteiger charge is -2.28. The smallest absolute Gasteiger partial charge is 0.257 e. The Hall–Kier alpha value is -1.53. The van der Waals surface area contributed by atoms with E-state index in [0.29, 0.717) is 18.3 Å². The quantitative estimate of drug-likeness (QED) is 0.740. The molecule has 0 aliphatic carbocycles. The lowest BCUT2D eigenvalue weighted by atomic mass is 10.1. The van der Waals surface area contributed by atoms with Crippen LogP contribution in [-0.2, 0) is 0 Å². The SMILES string of the molecule is O=C(c1ccc(OCC2C=CSC2)cc1F)N1CCC[C@H]1CN1CCCC1. The molecular formula is C21H27FN2O2S. The van der Waals surface area contributed by atoms with Crippen molar-refractivity contribution in [1.82, 2.24) is 9.80 Å². The molecular weight excluding hydrogens is 363 g/mol. The lowest BCUT2D eigenvalue weighted by molar-refractivity contribution is 0.0704. The number of nitrogens with zero attached hydrogens (tertiary/aromatic N) is 2. The van der Waals surface area contributed by atoms with Crippen molar-refractivity contribution in [2.75, 3.05) is 38.5 Å². The minimum atomic E-state index is -0.485. The first-order valence-electron chi connectivity index (χ1n) is 9.94. The predicted molar refractivity (Wildman–Crippen MR) is 107 cm³/mol. The highest BCUT2D eigenvalue weighted by Crippen LogP contribution is 2.26. The zero-order chi connectivity index (χ0) is 18.6. The molecule has 2 fully saturated rings. The Morgan fingerprint density at radius 3 is 2.81 bits per heavy atom. The molecule has 2 saturated heterocycles. The number of ether oxygens (including phenoxy) is 1. The van der Waals surface area contributed by atoms with E-state index in [1.165, 1.54) is 18.9 Å². The Labute approximate surface area is 164 Å². The molecule has 3 heterocycles. The van der Waals surface area contributed by atoms with Crippen LogP contribution in [0.15, 0.2) is 29.7 Å². The Morgan fingerprint density at radius 2 is 2.07 bits per heavy atom. The third-order valence-electron chi connectivity index (χ3n) is 5.70. The average molecular weight is 391 g/mol. The van der Waals surface area contributed by atoms with Gasteiger partial charge in [-0.05, 0) is 56.3 Å². The summed E-state index contributed by atoms with van der Waals surface area (Å²) >= 11 is 1.76. The van der Waals surface area contributed by atoms with Gasteiger partial charge in [-0.25, -0.2) is 4.39 Å². The van der Waals surface area contributed by atoms with Gasteiger partial charge in [0, 0.05) is 36.9 Å². The van der Waals surface area contributed by atoms with E-state index in [2.05, 4.69) is 16.4 Å². The zero-order valence-corrected chi connectivity index (χ0v) is 16.4. The molecule has 3 aliphatic rings. The van der Waals surface area contributed by atoms with Gasteiger partial charge in [-0.3, -0.25) is 4.79 Å². The largest absolute Gasteiger partial charge is 0.493 e. The van der Waals surface area contributed by atoms with Crippen molar-refractivity contribution in [3.63, 3.8) is 0 Å². The zero-order valence-electron chi connectivity index (χ0n) is 15.6. The molecule has 6 heteroatoms. The minimum absolute atomic E-state index is 0.159. The number of amides is 1. The van der Waals surface area contributed by atoms with Crippen molar-refractivity contribution in [3.8, 4) is 5.75 Å². The van der Waals surface area contributed by atoms with E-state index in [9.17, 15) is 9.18 Å². The van der Waals surface area contributed by atoms with Crippen molar-refractivity contribution in [1.29, 1.82) is 0 Å². The van der Waals surface area contributed by atoms with Gasteiger partial charge in [0.05, 0.1) is 12.2 Å². The first-order valence-corrected chi connectivity index (χ1v) is 11.0. The maximum absolute atomic E-state index is 14.6. The summed E-state index contributed by atoms with van der Waals surface area (Å²) in [7, 11) is 0. The number of benzene rings is 1. The standard InChI is InChI=1S/C21H27FN2O2S/c22-20-12-18(26-14-16-7-11-27-15-16)5-6-19(20)21(25)24-10-3-4-17(24)13-23-8-1-2-9-23/h5-7,11-12,16-17H,1-4,8-10,13-15H2/t16?,17-/m0/s1. The number of thioether (sulfide) groups is 1. The normalized spacial score (nSPS) is 25.4. The third kappa shape index (κ3) is 4.49. The third-order valence-corrected chi connectivity index (χ3v) is 6.67. The molecule has 4 rings (SSSR count). The van der Waals surface area contributed by atoms with E-state index in [1.54, 1.807) is 23.9 Å². The summed E-state index contributed by atoms with van der Waals surface area (Å²) in [6.07, 6.45) is 6.61. The fourth-order valence-corrected chi connectivity index (χ4v) is 5.08. The van der Waals surface area contributed by atoms with Crippen molar-refractivity contribution in [2.45, 2.75) is 31.7 Å². The average Bonchev–Trinajstić information content (AvgIpc) is 3.43. The van der Waals surface area contributed by atoms with Crippen molar-refractivity contribution in [3.05, 3.63) is 41.1 Å².